The van der Waals surface area contributed by atoms with Gasteiger partial charge in [0.2, 0.25) is 0 Å². The summed E-state index contributed by atoms with van der Waals surface area (Å²) in [7, 11) is 1.20. The van der Waals surface area contributed by atoms with Crippen molar-refractivity contribution in [3.8, 4) is 28.6 Å². The maximum absolute atomic E-state index is 15.3. The largest absolute Gasteiger partial charge is 0.495 e. The molecule has 1 aliphatic carbocycles. The van der Waals surface area contributed by atoms with Crippen molar-refractivity contribution in [2.24, 2.45) is 15.0 Å². The average molecular weight is 1440 g/mol. The lowest BCUT2D eigenvalue weighted by molar-refractivity contribution is 0.160. The fourth-order valence-electron chi connectivity index (χ4n) is 14.6. The second-order valence-electron chi connectivity index (χ2n) is 28.8. The molecule has 1 saturated carbocycles. The number of aromatic nitrogens is 7. The Kier molecular flexibility index (Phi) is 18.9. The highest BCUT2D eigenvalue weighted by Gasteiger charge is 2.50. The molecule has 1 atom stereocenters. The van der Waals surface area contributed by atoms with Crippen LogP contribution in [0.1, 0.15) is 84.8 Å². The normalized spacial score (nSPS) is 19.4. The lowest BCUT2D eigenvalue weighted by Crippen LogP contribution is -2.59. The van der Waals surface area contributed by atoms with Crippen molar-refractivity contribution >= 4 is 71.5 Å². The van der Waals surface area contributed by atoms with Gasteiger partial charge in [-0.2, -0.15) is 0 Å². The molecule has 20 nitrogen and oxygen atoms in total. The standard InChI is InChI=1S/C30H35F2N5OSi.C26H28FN5O.C24H21FN6O2/c1-20-17-35(19-33-20)26-9-8-21(14-27(26)38-2)13-22-7-6-12-36-29(22)34-30(10-11-30)18-37(36)23-15-24(31)28(25(32)16-23)39(3,4)5;1-18-15-31(17-29-18)23-11-6-19(14-24(23)33-3)13-20-5-4-12-32-25(20)28-16-26(2,30-32)21-7-9-22(27)10-8-21;1-16-13-29(14-27-16)20-7-2-17(23-22(20)28-15-33-23)12-21-24-26-8-9-30(31(24)10-11-32-21)19-5-3-18(25)4-6-19/h8-9,13-17,19H,6-7,10-12,18H2,1-5H3;6-11,13-15,17,30H,4-5,12,16H2,1-3H3;2-7,12-15H,8-11H2,1H3/b22-13+;20-13+;21-12-. The third kappa shape index (κ3) is 14.4. The van der Waals surface area contributed by atoms with Crippen LogP contribution in [0.3, 0.4) is 0 Å². The second-order valence-corrected chi connectivity index (χ2v) is 33.8. The van der Waals surface area contributed by atoms with Gasteiger partial charge >= 0.3 is 0 Å². The summed E-state index contributed by atoms with van der Waals surface area (Å²) in [4.78, 5) is 32.3. The molecule has 17 rings (SSSR count). The van der Waals surface area contributed by atoms with E-state index in [-0.39, 0.29) is 27.9 Å². The maximum atomic E-state index is 15.3. The van der Waals surface area contributed by atoms with E-state index in [0.29, 0.717) is 56.4 Å². The topological polar surface area (TPSA) is 172 Å². The third-order valence-corrected chi connectivity index (χ3v) is 21.9. The first-order valence-corrected chi connectivity index (χ1v) is 39.1. The number of aryl methyl sites for hydroxylation is 3. The molecule has 540 valence electrons. The van der Waals surface area contributed by atoms with Gasteiger partial charge in [0.15, 0.2) is 23.6 Å². The number of fused-ring (bicyclic) bond motifs is 4. The van der Waals surface area contributed by atoms with Gasteiger partial charge in [0.05, 0.1) is 131 Å². The molecule has 10 heterocycles. The van der Waals surface area contributed by atoms with Gasteiger partial charge in [-0.05, 0) is 197 Å². The van der Waals surface area contributed by atoms with E-state index in [1.54, 1.807) is 45.3 Å². The Balaban J connectivity index is 0.000000127. The van der Waals surface area contributed by atoms with Gasteiger partial charge in [0.1, 0.15) is 58.6 Å². The zero-order chi connectivity index (χ0) is 72.9. The molecule has 1 spiro atoms. The number of hydrazine groups is 3. The Morgan fingerprint density at radius 1 is 0.571 bits per heavy atom. The van der Waals surface area contributed by atoms with Gasteiger partial charge in [-0.15, -0.1) is 0 Å². The van der Waals surface area contributed by atoms with Crippen LogP contribution in [0, 0.1) is 44.0 Å². The molecule has 105 heavy (non-hydrogen) atoms. The molecule has 4 fully saturated rings. The van der Waals surface area contributed by atoms with Gasteiger partial charge in [-0.25, -0.2) is 42.9 Å². The van der Waals surface area contributed by atoms with E-state index in [2.05, 4.69) is 93.7 Å². The lowest BCUT2D eigenvalue weighted by Gasteiger charge is -2.47. The van der Waals surface area contributed by atoms with E-state index in [9.17, 15) is 8.78 Å². The van der Waals surface area contributed by atoms with Crippen LogP contribution in [0.5, 0.6) is 11.5 Å². The van der Waals surface area contributed by atoms with E-state index in [1.165, 1.54) is 48.4 Å². The number of hydrogen-bond donors (Lipinski definition) is 1. The number of amidine groups is 3. The van der Waals surface area contributed by atoms with Crippen LogP contribution in [-0.4, -0.2) is 146 Å². The van der Waals surface area contributed by atoms with Crippen molar-refractivity contribution < 1.29 is 36.2 Å². The fraction of sp³-hybridized carbons (Fsp3) is 0.312. The average Bonchev–Trinajstić information content (AvgIpc) is 1.37. The Bertz CT molecular complexity index is 5100. The van der Waals surface area contributed by atoms with Crippen LogP contribution in [0.15, 0.2) is 189 Å². The second kappa shape index (κ2) is 28.5. The number of oxazole rings is 1. The molecule has 25 heteroatoms. The number of methoxy groups -OCH3 is 2. The summed E-state index contributed by atoms with van der Waals surface area (Å²) >= 11 is 0. The molecular weight excluding hydrogens is 1350 g/mol. The molecule has 3 saturated heterocycles. The maximum Gasteiger partial charge on any atom is 0.185 e. The molecule has 7 aliphatic rings. The first kappa shape index (κ1) is 69.7. The minimum absolute atomic E-state index is 0.187. The van der Waals surface area contributed by atoms with Crippen LogP contribution in [-0.2, 0) is 10.3 Å². The monoisotopic (exact) mass is 1440 g/mol. The van der Waals surface area contributed by atoms with E-state index in [4.69, 9.17) is 33.6 Å². The number of halogens is 4. The molecule has 1 unspecified atom stereocenters. The zero-order valence-corrected chi connectivity index (χ0v) is 61.4. The minimum Gasteiger partial charge on any atom is -0.495 e. The van der Waals surface area contributed by atoms with Crippen LogP contribution in [0.2, 0.25) is 19.6 Å². The number of ether oxygens (including phenoxy) is 3. The zero-order valence-electron chi connectivity index (χ0n) is 60.4. The van der Waals surface area contributed by atoms with E-state index in [1.807, 2.05) is 115 Å². The molecule has 6 aromatic carbocycles. The molecule has 4 aromatic heterocycles. The van der Waals surface area contributed by atoms with Crippen LogP contribution in [0.25, 0.3) is 46.4 Å². The highest BCUT2D eigenvalue weighted by molar-refractivity contribution is 6.88. The summed E-state index contributed by atoms with van der Waals surface area (Å²) in [5, 5.41) is 10.8. The van der Waals surface area contributed by atoms with Crippen molar-refractivity contribution in [2.45, 2.75) is 96.9 Å². The molecule has 0 radical (unpaired) electrons. The summed E-state index contributed by atoms with van der Waals surface area (Å²) in [6.45, 7) is 19.3. The minimum atomic E-state index is -2.16. The summed E-state index contributed by atoms with van der Waals surface area (Å²) in [6.07, 6.45) is 24.8. The van der Waals surface area contributed by atoms with Crippen molar-refractivity contribution in [3.05, 3.63) is 233 Å². The number of piperidine rings is 2. The smallest absolute Gasteiger partial charge is 0.185 e. The Labute approximate surface area is 608 Å². The van der Waals surface area contributed by atoms with Crippen LogP contribution in [0.4, 0.5) is 28.9 Å². The third-order valence-electron chi connectivity index (χ3n) is 20.0. The molecule has 10 aromatic rings. The van der Waals surface area contributed by atoms with E-state index in [0.717, 1.165) is 154 Å². The van der Waals surface area contributed by atoms with Gasteiger partial charge in [-0.1, -0.05) is 43.9 Å². The first-order valence-electron chi connectivity index (χ1n) is 35.6. The lowest BCUT2D eigenvalue weighted by atomic mass is 9.91. The number of imidazole rings is 3. The van der Waals surface area contributed by atoms with Gasteiger partial charge in [-0.3, -0.25) is 40.0 Å². The van der Waals surface area contributed by atoms with E-state index < -0.39 is 19.7 Å². The Hall–Kier alpha value is -11.1. The quantitative estimate of drug-likeness (QED) is 0.0904. The fourth-order valence-corrected chi connectivity index (χ4v) is 16.1. The number of benzene rings is 6. The molecule has 6 aliphatic heterocycles. The van der Waals surface area contributed by atoms with Crippen molar-refractivity contribution in [1.82, 2.24) is 54.1 Å². The van der Waals surface area contributed by atoms with Crippen molar-refractivity contribution in [1.29, 1.82) is 0 Å². The number of morpholine rings is 1. The molecule has 0 bridgehead atoms. The highest BCUT2D eigenvalue weighted by atomic mass is 28.3. The number of aliphatic imine (C=N–C) groups is 3. The number of nitrogens with zero attached hydrogens (tertiary/aromatic N) is 15. The summed E-state index contributed by atoms with van der Waals surface area (Å²) in [5.74, 6) is 3.50. The summed E-state index contributed by atoms with van der Waals surface area (Å²) < 4.78 is 86.4. The van der Waals surface area contributed by atoms with Crippen molar-refractivity contribution in [3.63, 3.8) is 0 Å². The predicted molar refractivity (Wildman–Crippen MR) is 405 cm³/mol. The molecule has 1 N–H and O–H groups in total. The number of anilines is 2. The van der Waals surface area contributed by atoms with Gasteiger partial charge in [0, 0.05) is 42.4 Å². The molecular formula is C80H84F4N16O4Si. The molecule has 0 amide bonds. The van der Waals surface area contributed by atoms with Gasteiger partial charge in [0.25, 0.3) is 0 Å². The summed E-state index contributed by atoms with van der Waals surface area (Å²) in [5.41, 5.74) is 17.9. The van der Waals surface area contributed by atoms with Crippen LogP contribution < -0.4 is 30.1 Å². The van der Waals surface area contributed by atoms with E-state index >= 15 is 8.78 Å². The van der Waals surface area contributed by atoms with Crippen molar-refractivity contribution in [2.75, 3.05) is 76.7 Å². The Morgan fingerprint density at radius 3 is 1.72 bits per heavy atom. The number of rotatable bonds is 12. The SMILES string of the molecule is COc1cc(/C=C2\CCCN3C2=NC2(CC2)CN3c2cc(F)c([Si](C)(C)C)c(F)c2)ccc1-n1cnc(C)c1.COc1cc(/C=C2\CCCN3NC(C)(c4ccc(F)cc4)CN=C23)ccc1-n1cnc(C)c1.Cc1cn(-c2ccc(/C=C3\OCCN4C3=NCCN4c3ccc(F)cc3)c3ocnc23)cn1. The van der Waals surface area contributed by atoms with Crippen LogP contribution >= 0.6 is 0 Å². The summed E-state index contributed by atoms with van der Waals surface area (Å²) in [6, 6.07) is 32.6. The predicted octanol–water partition coefficient (Wildman–Crippen LogP) is 14.5. The number of nitrogens with one attached hydrogen (secondary N) is 1. The van der Waals surface area contributed by atoms with Gasteiger partial charge < -0.3 is 32.3 Å². The first-order chi connectivity index (χ1) is 50.7. The Morgan fingerprint density at radius 2 is 1.14 bits per heavy atom. The highest BCUT2D eigenvalue weighted by Crippen LogP contribution is 2.47. The number of hydrogen-bond acceptors (Lipinski definition) is 17.